The van der Waals surface area contributed by atoms with Crippen LogP contribution in [-0.4, -0.2) is 49.4 Å². The number of hydrogen-bond acceptors (Lipinski definition) is 7. The Morgan fingerprint density at radius 2 is 2.09 bits per heavy atom. The van der Waals surface area contributed by atoms with E-state index in [1.165, 1.54) is 16.2 Å². The van der Waals surface area contributed by atoms with Gasteiger partial charge in [0.05, 0.1) is 34.6 Å². The Bertz CT molecular complexity index is 1290. The number of aromatic nitrogens is 1. The zero-order valence-electron chi connectivity index (χ0n) is 19.0. The molecule has 35 heavy (non-hydrogen) atoms. The fourth-order valence-corrected chi connectivity index (χ4v) is 4.85. The quantitative estimate of drug-likeness (QED) is 0.452. The van der Waals surface area contributed by atoms with Gasteiger partial charge in [-0.2, -0.15) is 0 Å². The van der Waals surface area contributed by atoms with E-state index in [-0.39, 0.29) is 31.2 Å². The standard InChI is InChI=1S/C24H25ClN4O5S/c1-33-14-16-11-17(4-5-19(16)28-10-2-3-15(8-9-26)23(28)31)29-13-18(34-24(29)32)12-27-22(30)20-6-7-21(25)35-20/h2-7,10-11,18H,8-9,12-14,26H2,1H3,(H,27,30)/t18-/m0/s1. The number of methoxy groups -OCH3 is 1. The molecule has 11 heteroatoms. The van der Waals surface area contributed by atoms with Gasteiger partial charge in [0.25, 0.3) is 11.5 Å². The summed E-state index contributed by atoms with van der Waals surface area (Å²) in [5.74, 6) is -0.273. The van der Waals surface area contributed by atoms with Gasteiger partial charge in [-0.1, -0.05) is 17.7 Å². The molecule has 0 aliphatic carbocycles. The Hall–Kier alpha value is -3.18. The van der Waals surface area contributed by atoms with E-state index in [0.717, 1.165) is 5.56 Å². The second-order valence-electron chi connectivity index (χ2n) is 7.92. The lowest BCUT2D eigenvalue weighted by atomic mass is 10.1. The molecule has 1 saturated heterocycles. The van der Waals surface area contributed by atoms with Crippen molar-refractivity contribution < 1.29 is 19.1 Å². The van der Waals surface area contributed by atoms with Crippen LogP contribution in [0, 0.1) is 0 Å². The highest BCUT2D eigenvalue weighted by Crippen LogP contribution is 2.27. The Kier molecular flexibility index (Phi) is 7.86. The van der Waals surface area contributed by atoms with E-state index in [4.69, 9.17) is 26.8 Å². The number of benzene rings is 1. The molecule has 0 radical (unpaired) electrons. The van der Waals surface area contributed by atoms with Gasteiger partial charge in [-0.05, 0) is 49.4 Å². The maximum Gasteiger partial charge on any atom is 0.414 e. The lowest BCUT2D eigenvalue weighted by molar-refractivity contribution is 0.0920. The number of nitrogens with zero attached hydrogens (tertiary/aromatic N) is 2. The molecule has 2 aromatic heterocycles. The molecular weight excluding hydrogens is 492 g/mol. The number of ether oxygens (including phenoxy) is 2. The number of thiophene rings is 1. The van der Waals surface area contributed by atoms with Crippen molar-refractivity contribution in [1.82, 2.24) is 9.88 Å². The first-order valence-electron chi connectivity index (χ1n) is 11.0. The summed E-state index contributed by atoms with van der Waals surface area (Å²) in [6, 6.07) is 12.2. The summed E-state index contributed by atoms with van der Waals surface area (Å²) in [6.07, 6.45) is 1.15. The summed E-state index contributed by atoms with van der Waals surface area (Å²) in [6.45, 7) is 1.05. The highest BCUT2D eigenvalue weighted by atomic mass is 35.5. The van der Waals surface area contributed by atoms with Crippen molar-refractivity contribution in [3.05, 3.63) is 79.4 Å². The number of anilines is 1. The molecule has 0 saturated carbocycles. The molecule has 2 amide bonds. The summed E-state index contributed by atoms with van der Waals surface area (Å²) in [5.41, 5.74) is 8.11. The molecule has 0 bridgehead atoms. The van der Waals surface area contributed by atoms with Crippen LogP contribution < -0.4 is 21.5 Å². The number of nitrogens with two attached hydrogens (primary N) is 1. The van der Waals surface area contributed by atoms with Crippen LogP contribution in [-0.2, 0) is 22.5 Å². The maximum atomic E-state index is 12.9. The average Bonchev–Trinajstić information content (AvgIpc) is 3.45. The van der Waals surface area contributed by atoms with Gasteiger partial charge in [-0.3, -0.25) is 19.1 Å². The van der Waals surface area contributed by atoms with Crippen molar-refractivity contribution in [2.24, 2.45) is 5.73 Å². The number of carbonyl (C=O) groups excluding carboxylic acids is 2. The molecule has 9 nitrogen and oxygen atoms in total. The molecule has 1 fully saturated rings. The van der Waals surface area contributed by atoms with Crippen molar-refractivity contribution in [3.8, 4) is 5.69 Å². The van der Waals surface area contributed by atoms with Crippen LogP contribution in [0.5, 0.6) is 0 Å². The molecule has 1 atom stereocenters. The Morgan fingerprint density at radius 1 is 1.26 bits per heavy atom. The number of hydrogen-bond donors (Lipinski definition) is 2. The lowest BCUT2D eigenvalue weighted by Gasteiger charge is -2.18. The minimum Gasteiger partial charge on any atom is -0.442 e. The number of rotatable bonds is 9. The predicted molar refractivity (Wildman–Crippen MR) is 135 cm³/mol. The lowest BCUT2D eigenvalue weighted by Crippen LogP contribution is -2.34. The molecule has 1 aliphatic rings. The van der Waals surface area contributed by atoms with Crippen LogP contribution >= 0.6 is 22.9 Å². The number of nitrogens with one attached hydrogen (secondary N) is 1. The first kappa shape index (κ1) is 24.9. The number of pyridine rings is 1. The molecule has 4 rings (SSSR count). The van der Waals surface area contributed by atoms with Gasteiger partial charge in [0, 0.05) is 30.1 Å². The van der Waals surface area contributed by atoms with Crippen molar-refractivity contribution in [3.63, 3.8) is 0 Å². The smallest absolute Gasteiger partial charge is 0.414 e. The van der Waals surface area contributed by atoms with E-state index < -0.39 is 12.2 Å². The molecule has 3 N–H and O–H groups in total. The fourth-order valence-electron chi connectivity index (χ4n) is 3.89. The monoisotopic (exact) mass is 516 g/mol. The van der Waals surface area contributed by atoms with Gasteiger partial charge in [0.1, 0.15) is 6.10 Å². The molecule has 184 valence electrons. The molecule has 3 heterocycles. The third-order valence-corrected chi connectivity index (χ3v) is 6.77. The van der Waals surface area contributed by atoms with Crippen molar-refractivity contribution in [1.29, 1.82) is 0 Å². The summed E-state index contributed by atoms with van der Waals surface area (Å²) in [5, 5.41) is 2.77. The minimum absolute atomic E-state index is 0.147. The molecule has 0 spiro atoms. The highest BCUT2D eigenvalue weighted by molar-refractivity contribution is 7.18. The normalized spacial score (nSPS) is 15.3. The summed E-state index contributed by atoms with van der Waals surface area (Å²) in [4.78, 5) is 39.7. The average molecular weight is 517 g/mol. The van der Waals surface area contributed by atoms with Gasteiger partial charge in [-0.25, -0.2) is 4.79 Å². The summed E-state index contributed by atoms with van der Waals surface area (Å²) in [7, 11) is 1.56. The highest BCUT2D eigenvalue weighted by Gasteiger charge is 2.33. The van der Waals surface area contributed by atoms with Crippen molar-refractivity contribution in [2.75, 3.05) is 31.6 Å². The van der Waals surface area contributed by atoms with Crippen molar-refractivity contribution in [2.45, 2.75) is 19.1 Å². The largest absolute Gasteiger partial charge is 0.442 e. The van der Waals surface area contributed by atoms with E-state index in [1.807, 2.05) is 0 Å². The topological polar surface area (TPSA) is 116 Å². The van der Waals surface area contributed by atoms with Gasteiger partial charge in [-0.15, -0.1) is 11.3 Å². The molecule has 3 aromatic rings. The Balaban J connectivity index is 1.51. The van der Waals surface area contributed by atoms with Gasteiger partial charge >= 0.3 is 6.09 Å². The van der Waals surface area contributed by atoms with Gasteiger partial charge in [0.2, 0.25) is 0 Å². The van der Waals surface area contributed by atoms with E-state index >= 15 is 0 Å². The number of halogens is 1. The molecular formula is C24H25ClN4O5S. The van der Waals surface area contributed by atoms with Crippen LogP contribution in [0.25, 0.3) is 5.69 Å². The first-order valence-corrected chi connectivity index (χ1v) is 12.1. The van der Waals surface area contributed by atoms with E-state index in [1.54, 1.807) is 60.3 Å². The first-order chi connectivity index (χ1) is 16.9. The Morgan fingerprint density at radius 3 is 2.80 bits per heavy atom. The second kappa shape index (κ2) is 11.0. The SMILES string of the molecule is COCc1cc(N2C[C@H](CNC(=O)c3ccc(Cl)s3)OC2=O)ccc1-n1cccc(CCN)c1=O. The molecule has 1 aromatic carbocycles. The molecule has 0 unspecified atom stereocenters. The van der Waals surface area contributed by atoms with E-state index in [2.05, 4.69) is 5.32 Å². The second-order valence-corrected chi connectivity index (χ2v) is 9.64. The van der Waals surface area contributed by atoms with Crippen LogP contribution in [0.1, 0.15) is 20.8 Å². The maximum absolute atomic E-state index is 12.9. The molecule has 1 aliphatic heterocycles. The van der Waals surface area contributed by atoms with Gasteiger partial charge < -0.3 is 20.5 Å². The number of carbonyl (C=O) groups is 2. The van der Waals surface area contributed by atoms with Crippen LogP contribution in [0.2, 0.25) is 4.34 Å². The van der Waals surface area contributed by atoms with Crippen LogP contribution in [0.3, 0.4) is 0 Å². The van der Waals surface area contributed by atoms with Gasteiger partial charge in [0.15, 0.2) is 0 Å². The van der Waals surface area contributed by atoms with Crippen LogP contribution in [0.15, 0.2) is 53.5 Å². The van der Waals surface area contributed by atoms with E-state index in [9.17, 15) is 14.4 Å². The van der Waals surface area contributed by atoms with Crippen molar-refractivity contribution >= 4 is 40.6 Å². The fraction of sp³-hybridized carbons (Fsp3) is 0.292. The summed E-state index contributed by atoms with van der Waals surface area (Å²) >= 11 is 7.06. The third-order valence-electron chi connectivity index (χ3n) is 5.54. The van der Waals surface area contributed by atoms with Crippen LogP contribution in [0.4, 0.5) is 10.5 Å². The predicted octanol–water partition coefficient (Wildman–Crippen LogP) is 2.96. The zero-order valence-corrected chi connectivity index (χ0v) is 20.6. The number of amides is 2. The summed E-state index contributed by atoms with van der Waals surface area (Å²) < 4.78 is 12.9. The minimum atomic E-state index is -0.512. The Labute approximate surface area is 211 Å². The van der Waals surface area contributed by atoms with E-state index in [0.29, 0.717) is 39.1 Å². The number of cyclic esters (lactones) is 1. The zero-order chi connectivity index (χ0) is 24.9. The third kappa shape index (κ3) is 5.57.